The highest BCUT2D eigenvalue weighted by Crippen LogP contribution is 2.18. The highest BCUT2D eigenvalue weighted by molar-refractivity contribution is 6.09. The molecular formula is C21H17N3O4. The Balaban J connectivity index is 1.71. The third kappa shape index (κ3) is 4.59. The number of carbonyl (C=O) groups excluding carboxylic acids is 2. The third-order valence-electron chi connectivity index (χ3n) is 4.06. The van der Waals surface area contributed by atoms with Crippen LogP contribution in [0.15, 0.2) is 78.9 Å². The number of nitrogens with one attached hydrogen (secondary N) is 2. The molecule has 28 heavy (non-hydrogen) atoms. The van der Waals surface area contributed by atoms with E-state index >= 15 is 0 Å². The molecule has 0 fully saturated rings. The molecule has 7 heteroatoms. The number of para-hydroxylation sites is 1. The normalized spacial score (nSPS) is 10.1. The minimum Gasteiger partial charge on any atom is -0.348 e. The van der Waals surface area contributed by atoms with Gasteiger partial charge in [0.05, 0.1) is 16.2 Å². The lowest BCUT2D eigenvalue weighted by atomic mass is 10.1. The zero-order valence-electron chi connectivity index (χ0n) is 14.8. The number of anilines is 1. The number of benzene rings is 3. The van der Waals surface area contributed by atoms with Gasteiger partial charge in [-0.3, -0.25) is 19.7 Å². The van der Waals surface area contributed by atoms with Crippen LogP contribution < -0.4 is 10.6 Å². The standard InChI is InChI=1S/C21H17N3O4/c25-20(16-10-12-17(13-11-16)24(27)28)23-19-9-5-4-8-18(19)21(26)22-14-15-6-2-1-3-7-15/h1-13H,14H2,(H,22,26)(H,23,25). The van der Waals surface area contributed by atoms with Crippen molar-refractivity contribution in [1.29, 1.82) is 0 Å². The molecule has 0 saturated heterocycles. The molecule has 0 radical (unpaired) electrons. The van der Waals surface area contributed by atoms with Crippen LogP contribution in [-0.2, 0) is 6.54 Å². The van der Waals surface area contributed by atoms with Gasteiger partial charge in [-0.2, -0.15) is 0 Å². The average Bonchev–Trinajstić information content (AvgIpc) is 2.73. The van der Waals surface area contributed by atoms with Gasteiger partial charge in [0.15, 0.2) is 0 Å². The molecule has 0 atom stereocenters. The van der Waals surface area contributed by atoms with Crippen LogP contribution in [0.2, 0.25) is 0 Å². The summed E-state index contributed by atoms with van der Waals surface area (Å²) in [6.45, 7) is 0.365. The summed E-state index contributed by atoms with van der Waals surface area (Å²) in [6, 6.07) is 21.4. The zero-order chi connectivity index (χ0) is 19.9. The Bertz CT molecular complexity index is 1000. The van der Waals surface area contributed by atoms with Crippen molar-refractivity contribution < 1.29 is 14.5 Å². The van der Waals surface area contributed by atoms with E-state index in [2.05, 4.69) is 10.6 Å². The van der Waals surface area contributed by atoms with Crippen molar-refractivity contribution in [1.82, 2.24) is 5.32 Å². The number of amides is 2. The van der Waals surface area contributed by atoms with Crippen LogP contribution in [0.5, 0.6) is 0 Å². The van der Waals surface area contributed by atoms with Crippen LogP contribution in [-0.4, -0.2) is 16.7 Å². The van der Waals surface area contributed by atoms with E-state index < -0.39 is 10.8 Å². The summed E-state index contributed by atoms with van der Waals surface area (Å²) >= 11 is 0. The fourth-order valence-electron chi connectivity index (χ4n) is 2.59. The van der Waals surface area contributed by atoms with Crippen LogP contribution >= 0.6 is 0 Å². The minimum atomic E-state index is -0.534. The van der Waals surface area contributed by atoms with Crippen LogP contribution in [0, 0.1) is 10.1 Å². The van der Waals surface area contributed by atoms with Crippen molar-refractivity contribution in [2.75, 3.05) is 5.32 Å². The van der Waals surface area contributed by atoms with Gasteiger partial charge in [0.2, 0.25) is 0 Å². The van der Waals surface area contributed by atoms with Gasteiger partial charge in [-0.05, 0) is 29.8 Å². The molecule has 3 aromatic rings. The summed E-state index contributed by atoms with van der Waals surface area (Å²) < 4.78 is 0. The molecule has 0 aromatic heterocycles. The number of nitro benzene ring substituents is 1. The predicted molar refractivity (Wildman–Crippen MR) is 105 cm³/mol. The molecular weight excluding hydrogens is 358 g/mol. The molecule has 2 amide bonds. The third-order valence-corrected chi connectivity index (χ3v) is 4.06. The van der Waals surface area contributed by atoms with Gasteiger partial charge in [0, 0.05) is 24.2 Å². The Morgan fingerprint density at radius 2 is 1.46 bits per heavy atom. The molecule has 7 nitrogen and oxygen atoms in total. The SMILES string of the molecule is O=C(Nc1ccccc1C(=O)NCc1ccccc1)c1ccc([N+](=O)[O-])cc1. The molecule has 0 aliphatic rings. The van der Waals surface area contributed by atoms with Crippen LogP contribution in [0.1, 0.15) is 26.3 Å². The molecule has 0 unspecified atom stereocenters. The topological polar surface area (TPSA) is 101 Å². The van der Waals surface area contributed by atoms with E-state index in [4.69, 9.17) is 0 Å². The molecule has 3 aromatic carbocycles. The average molecular weight is 375 g/mol. The monoisotopic (exact) mass is 375 g/mol. The van der Waals surface area contributed by atoms with Crippen molar-refractivity contribution in [3.05, 3.63) is 106 Å². The largest absolute Gasteiger partial charge is 0.348 e. The summed E-state index contributed by atoms with van der Waals surface area (Å²) in [5.41, 5.74) is 1.80. The van der Waals surface area contributed by atoms with Gasteiger partial charge < -0.3 is 10.6 Å². The van der Waals surface area contributed by atoms with Gasteiger partial charge in [0.25, 0.3) is 17.5 Å². The molecule has 140 valence electrons. The van der Waals surface area contributed by atoms with Crippen LogP contribution in [0.4, 0.5) is 11.4 Å². The number of nitro groups is 1. The second-order valence-corrected chi connectivity index (χ2v) is 5.97. The Hall–Kier alpha value is -4.00. The van der Waals surface area contributed by atoms with E-state index in [1.165, 1.54) is 24.3 Å². The molecule has 0 saturated carbocycles. The maximum Gasteiger partial charge on any atom is 0.269 e. The molecule has 2 N–H and O–H groups in total. The van der Waals surface area contributed by atoms with E-state index in [1.54, 1.807) is 24.3 Å². The fourth-order valence-corrected chi connectivity index (χ4v) is 2.59. The molecule has 3 rings (SSSR count). The van der Waals surface area contributed by atoms with Crippen LogP contribution in [0.3, 0.4) is 0 Å². The van der Waals surface area contributed by atoms with E-state index in [9.17, 15) is 19.7 Å². The summed E-state index contributed by atoms with van der Waals surface area (Å²) in [5, 5.41) is 16.2. The molecule has 0 spiro atoms. The van der Waals surface area contributed by atoms with Gasteiger partial charge >= 0.3 is 0 Å². The zero-order valence-corrected chi connectivity index (χ0v) is 14.8. The first kappa shape index (κ1) is 18.8. The van der Waals surface area contributed by atoms with E-state index in [-0.39, 0.29) is 17.2 Å². The Morgan fingerprint density at radius 1 is 0.821 bits per heavy atom. The van der Waals surface area contributed by atoms with Gasteiger partial charge in [-0.15, -0.1) is 0 Å². The summed E-state index contributed by atoms with van der Waals surface area (Å²) in [4.78, 5) is 35.2. The first-order valence-corrected chi connectivity index (χ1v) is 8.51. The Kier molecular flexibility index (Phi) is 5.76. The number of hydrogen-bond acceptors (Lipinski definition) is 4. The maximum absolute atomic E-state index is 12.5. The van der Waals surface area contributed by atoms with Gasteiger partial charge in [-0.1, -0.05) is 42.5 Å². The highest BCUT2D eigenvalue weighted by Gasteiger charge is 2.15. The molecule has 0 heterocycles. The van der Waals surface area contributed by atoms with Gasteiger partial charge in [0.1, 0.15) is 0 Å². The number of nitrogens with zero attached hydrogens (tertiary/aromatic N) is 1. The van der Waals surface area contributed by atoms with E-state index in [1.807, 2.05) is 30.3 Å². The second kappa shape index (κ2) is 8.59. The van der Waals surface area contributed by atoms with Crippen molar-refractivity contribution in [3.8, 4) is 0 Å². The second-order valence-electron chi connectivity index (χ2n) is 5.97. The fraction of sp³-hybridized carbons (Fsp3) is 0.0476. The Labute approximate surface area is 161 Å². The van der Waals surface area contributed by atoms with Crippen molar-refractivity contribution in [2.45, 2.75) is 6.54 Å². The lowest BCUT2D eigenvalue weighted by molar-refractivity contribution is -0.384. The molecule has 0 aliphatic heterocycles. The number of hydrogen-bond donors (Lipinski definition) is 2. The maximum atomic E-state index is 12.5. The summed E-state index contributed by atoms with van der Waals surface area (Å²) in [6.07, 6.45) is 0. The first-order chi connectivity index (χ1) is 13.5. The quantitative estimate of drug-likeness (QED) is 0.506. The van der Waals surface area contributed by atoms with Crippen molar-refractivity contribution in [2.24, 2.45) is 0 Å². The van der Waals surface area contributed by atoms with Gasteiger partial charge in [-0.25, -0.2) is 0 Å². The summed E-state index contributed by atoms with van der Waals surface area (Å²) in [5.74, 6) is -0.776. The van der Waals surface area contributed by atoms with Crippen molar-refractivity contribution in [3.63, 3.8) is 0 Å². The van der Waals surface area contributed by atoms with Crippen molar-refractivity contribution >= 4 is 23.2 Å². The Morgan fingerprint density at radius 3 is 2.14 bits per heavy atom. The lowest BCUT2D eigenvalue weighted by Crippen LogP contribution is -2.24. The lowest BCUT2D eigenvalue weighted by Gasteiger charge is -2.11. The smallest absolute Gasteiger partial charge is 0.269 e. The highest BCUT2D eigenvalue weighted by atomic mass is 16.6. The minimum absolute atomic E-state index is 0.0998. The van der Waals surface area contributed by atoms with Crippen LogP contribution in [0.25, 0.3) is 0 Å². The molecule has 0 bridgehead atoms. The van der Waals surface area contributed by atoms with E-state index in [0.717, 1.165) is 5.56 Å². The molecule has 0 aliphatic carbocycles. The number of carbonyl (C=O) groups is 2. The van der Waals surface area contributed by atoms with E-state index in [0.29, 0.717) is 17.8 Å². The first-order valence-electron chi connectivity index (χ1n) is 8.51. The predicted octanol–water partition coefficient (Wildman–Crippen LogP) is 3.78. The number of rotatable bonds is 6. The summed E-state index contributed by atoms with van der Waals surface area (Å²) in [7, 11) is 0. The number of non-ortho nitro benzene ring substituents is 1.